The molecule has 0 fully saturated rings. The maximum absolute atomic E-state index is 13.4. The standard InChI is InChI=1S/C12H12FN3O3/c1-16-11(14)9(10(15-16)12(17)18)7-5-6(13)3-4-8(7)19-2/h3-5H,14H2,1-2H3,(H,17,18). The number of ether oxygens (including phenoxy) is 1. The molecule has 0 atom stereocenters. The van der Waals surface area contributed by atoms with Gasteiger partial charge in [-0.05, 0) is 18.2 Å². The van der Waals surface area contributed by atoms with E-state index in [0.29, 0.717) is 5.75 Å². The van der Waals surface area contributed by atoms with Gasteiger partial charge in [-0.3, -0.25) is 4.68 Å². The van der Waals surface area contributed by atoms with Gasteiger partial charge < -0.3 is 15.6 Å². The first-order valence-electron chi connectivity index (χ1n) is 5.35. The van der Waals surface area contributed by atoms with Crippen LogP contribution in [-0.2, 0) is 7.05 Å². The van der Waals surface area contributed by atoms with E-state index in [-0.39, 0.29) is 22.6 Å². The molecule has 0 aliphatic rings. The number of hydrogen-bond acceptors (Lipinski definition) is 4. The Kier molecular flexibility index (Phi) is 3.12. The molecule has 1 aromatic heterocycles. The summed E-state index contributed by atoms with van der Waals surface area (Å²) < 4.78 is 19.7. The van der Waals surface area contributed by atoms with Crippen molar-refractivity contribution in [1.29, 1.82) is 0 Å². The fraction of sp³-hybridized carbons (Fsp3) is 0.167. The van der Waals surface area contributed by atoms with Gasteiger partial charge in [-0.15, -0.1) is 0 Å². The van der Waals surface area contributed by atoms with Crippen molar-refractivity contribution in [2.75, 3.05) is 12.8 Å². The maximum atomic E-state index is 13.4. The highest BCUT2D eigenvalue weighted by Gasteiger charge is 2.23. The molecule has 0 radical (unpaired) electrons. The molecule has 3 N–H and O–H groups in total. The van der Waals surface area contributed by atoms with Gasteiger partial charge in [-0.1, -0.05) is 0 Å². The zero-order chi connectivity index (χ0) is 14.2. The minimum absolute atomic E-state index is 0.126. The van der Waals surface area contributed by atoms with Crippen molar-refractivity contribution in [3.8, 4) is 16.9 Å². The van der Waals surface area contributed by atoms with E-state index in [1.807, 2.05) is 0 Å². The Bertz CT molecular complexity index is 652. The number of rotatable bonds is 3. The summed E-state index contributed by atoms with van der Waals surface area (Å²) in [6.07, 6.45) is 0. The van der Waals surface area contributed by atoms with Crippen LogP contribution in [0, 0.1) is 5.82 Å². The molecule has 0 bridgehead atoms. The number of hydrogen-bond donors (Lipinski definition) is 2. The van der Waals surface area contributed by atoms with Gasteiger partial charge >= 0.3 is 5.97 Å². The number of halogens is 1. The fourth-order valence-electron chi connectivity index (χ4n) is 1.83. The van der Waals surface area contributed by atoms with Crippen molar-refractivity contribution in [3.05, 3.63) is 29.7 Å². The molecule has 0 amide bonds. The molecule has 0 unspecified atom stereocenters. The minimum atomic E-state index is -1.24. The molecule has 19 heavy (non-hydrogen) atoms. The van der Waals surface area contributed by atoms with E-state index in [0.717, 1.165) is 0 Å². The number of aryl methyl sites for hydroxylation is 1. The fourth-order valence-corrected chi connectivity index (χ4v) is 1.83. The lowest BCUT2D eigenvalue weighted by Gasteiger charge is -2.08. The number of nitrogens with two attached hydrogens (primary N) is 1. The van der Waals surface area contributed by atoms with Crippen LogP contribution in [0.15, 0.2) is 18.2 Å². The van der Waals surface area contributed by atoms with Gasteiger partial charge in [0.05, 0.1) is 12.7 Å². The zero-order valence-corrected chi connectivity index (χ0v) is 10.3. The first kappa shape index (κ1) is 12.9. The Labute approximate surface area is 108 Å². The van der Waals surface area contributed by atoms with Crippen LogP contribution >= 0.6 is 0 Å². The third-order valence-electron chi connectivity index (χ3n) is 2.73. The molecule has 1 aromatic carbocycles. The van der Waals surface area contributed by atoms with Crippen molar-refractivity contribution in [1.82, 2.24) is 9.78 Å². The van der Waals surface area contributed by atoms with E-state index in [1.165, 1.54) is 37.0 Å². The Hall–Kier alpha value is -2.57. The van der Waals surface area contributed by atoms with Gasteiger partial charge in [-0.25, -0.2) is 9.18 Å². The third kappa shape index (κ3) is 2.10. The summed E-state index contributed by atoms with van der Waals surface area (Å²) in [7, 11) is 2.92. The van der Waals surface area contributed by atoms with Gasteiger partial charge in [0.1, 0.15) is 17.4 Å². The van der Waals surface area contributed by atoms with Crippen LogP contribution in [0.25, 0.3) is 11.1 Å². The molecule has 6 nitrogen and oxygen atoms in total. The van der Waals surface area contributed by atoms with E-state index in [2.05, 4.69) is 5.10 Å². The third-order valence-corrected chi connectivity index (χ3v) is 2.73. The topological polar surface area (TPSA) is 90.4 Å². The first-order valence-corrected chi connectivity index (χ1v) is 5.35. The van der Waals surface area contributed by atoms with Crippen LogP contribution in [0.1, 0.15) is 10.5 Å². The molecular weight excluding hydrogens is 253 g/mol. The van der Waals surface area contributed by atoms with E-state index in [9.17, 15) is 9.18 Å². The van der Waals surface area contributed by atoms with E-state index in [4.69, 9.17) is 15.6 Å². The van der Waals surface area contributed by atoms with E-state index in [1.54, 1.807) is 0 Å². The second kappa shape index (κ2) is 4.60. The van der Waals surface area contributed by atoms with Gasteiger partial charge in [0, 0.05) is 12.6 Å². The summed E-state index contributed by atoms with van der Waals surface area (Å²) in [5, 5.41) is 12.9. The van der Waals surface area contributed by atoms with Crippen LogP contribution in [0.5, 0.6) is 5.75 Å². The quantitative estimate of drug-likeness (QED) is 0.878. The number of aromatic nitrogens is 2. The lowest BCUT2D eigenvalue weighted by atomic mass is 10.0. The Morgan fingerprint density at radius 2 is 2.21 bits per heavy atom. The van der Waals surface area contributed by atoms with Crippen LogP contribution in [0.2, 0.25) is 0 Å². The van der Waals surface area contributed by atoms with Crippen molar-refractivity contribution >= 4 is 11.8 Å². The molecule has 0 aliphatic carbocycles. The van der Waals surface area contributed by atoms with Gasteiger partial charge in [0.25, 0.3) is 0 Å². The average Bonchev–Trinajstić information content (AvgIpc) is 2.66. The highest BCUT2D eigenvalue weighted by molar-refractivity contribution is 5.98. The number of methoxy groups -OCH3 is 1. The number of carbonyl (C=O) groups is 1. The van der Waals surface area contributed by atoms with Crippen LogP contribution in [-0.4, -0.2) is 28.0 Å². The molecule has 7 heteroatoms. The molecular formula is C12H12FN3O3. The number of carboxylic acids is 1. The molecule has 2 aromatic rings. The number of nitrogen functional groups attached to an aromatic ring is 1. The number of aromatic carboxylic acids is 1. The number of anilines is 1. The van der Waals surface area contributed by atoms with Crippen molar-refractivity contribution in [2.24, 2.45) is 7.05 Å². The summed E-state index contributed by atoms with van der Waals surface area (Å²) in [6.45, 7) is 0. The predicted molar refractivity (Wildman–Crippen MR) is 66.5 cm³/mol. The van der Waals surface area contributed by atoms with E-state index >= 15 is 0 Å². The molecule has 0 aliphatic heterocycles. The Balaban J connectivity index is 2.78. The summed E-state index contributed by atoms with van der Waals surface area (Å²) >= 11 is 0. The Morgan fingerprint density at radius 3 is 2.79 bits per heavy atom. The van der Waals surface area contributed by atoms with Crippen molar-refractivity contribution < 1.29 is 19.0 Å². The summed E-state index contributed by atoms with van der Waals surface area (Å²) in [5.41, 5.74) is 5.96. The second-order valence-electron chi connectivity index (χ2n) is 3.88. The minimum Gasteiger partial charge on any atom is -0.496 e. The van der Waals surface area contributed by atoms with Crippen LogP contribution in [0.4, 0.5) is 10.2 Å². The number of carboxylic acid groups (broad SMARTS) is 1. The van der Waals surface area contributed by atoms with Crippen LogP contribution < -0.4 is 10.5 Å². The smallest absolute Gasteiger partial charge is 0.357 e. The molecule has 0 saturated heterocycles. The molecule has 0 saturated carbocycles. The highest BCUT2D eigenvalue weighted by Crippen LogP contribution is 2.36. The number of benzene rings is 1. The lowest BCUT2D eigenvalue weighted by molar-refractivity contribution is 0.0690. The largest absolute Gasteiger partial charge is 0.496 e. The van der Waals surface area contributed by atoms with Crippen LogP contribution in [0.3, 0.4) is 0 Å². The molecule has 100 valence electrons. The van der Waals surface area contributed by atoms with E-state index < -0.39 is 11.8 Å². The summed E-state index contributed by atoms with van der Waals surface area (Å²) in [5.74, 6) is -1.31. The van der Waals surface area contributed by atoms with Crippen molar-refractivity contribution in [2.45, 2.75) is 0 Å². The summed E-state index contributed by atoms with van der Waals surface area (Å²) in [4.78, 5) is 11.2. The summed E-state index contributed by atoms with van der Waals surface area (Å²) in [6, 6.07) is 3.79. The first-order chi connectivity index (χ1) is 8.95. The molecule has 2 rings (SSSR count). The van der Waals surface area contributed by atoms with Gasteiger partial charge in [0.15, 0.2) is 5.69 Å². The molecule has 1 heterocycles. The zero-order valence-electron chi connectivity index (χ0n) is 10.3. The predicted octanol–water partition coefficient (Wildman–Crippen LogP) is 1.52. The normalized spacial score (nSPS) is 10.5. The van der Waals surface area contributed by atoms with Gasteiger partial charge in [-0.2, -0.15) is 5.10 Å². The number of nitrogens with zero attached hydrogens (tertiary/aromatic N) is 2. The monoisotopic (exact) mass is 265 g/mol. The average molecular weight is 265 g/mol. The van der Waals surface area contributed by atoms with Gasteiger partial charge in [0.2, 0.25) is 0 Å². The lowest BCUT2D eigenvalue weighted by Crippen LogP contribution is -2.01. The SMILES string of the molecule is COc1ccc(F)cc1-c1c(C(=O)O)nn(C)c1N. The molecule has 0 spiro atoms. The Morgan fingerprint density at radius 1 is 1.53 bits per heavy atom. The maximum Gasteiger partial charge on any atom is 0.357 e. The van der Waals surface area contributed by atoms with Crippen molar-refractivity contribution in [3.63, 3.8) is 0 Å². The second-order valence-corrected chi connectivity index (χ2v) is 3.88. The highest BCUT2D eigenvalue weighted by atomic mass is 19.1.